The fraction of sp³-hybridized carbons (Fsp3) is 0.273. The van der Waals surface area contributed by atoms with E-state index in [4.69, 9.17) is 0 Å². The zero-order valence-electron chi connectivity index (χ0n) is 16.3. The van der Waals surface area contributed by atoms with Crippen molar-refractivity contribution in [3.8, 4) is 0 Å². The van der Waals surface area contributed by atoms with E-state index in [0.717, 1.165) is 22.6 Å². The first-order valence-corrected chi connectivity index (χ1v) is 9.23. The molecular formula is C22H21F3N2O2. The van der Waals surface area contributed by atoms with Crippen LogP contribution in [0.2, 0.25) is 0 Å². The Labute approximate surface area is 166 Å². The molecule has 0 aliphatic heterocycles. The number of alkyl halides is 3. The predicted octanol–water partition coefficient (Wildman–Crippen LogP) is 5.23. The van der Waals surface area contributed by atoms with Gasteiger partial charge in [-0.25, -0.2) is 0 Å². The maximum absolute atomic E-state index is 13.3. The summed E-state index contributed by atoms with van der Waals surface area (Å²) in [5.41, 5.74) is 0.581. The Morgan fingerprint density at radius 1 is 1.07 bits per heavy atom. The predicted molar refractivity (Wildman–Crippen MR) is 107 cm³/mol. The number of rotatable bonds is 4. The molecule has 0 radical (unpaired) electrons. The molecule has 0 fully saturated rings. The van der Waals surface area contributed by atoms with E-state index < -0.39 is 23.7 Å². The molecule has 0 saturated carbocycles. The third-order valence-electron chi connectivity index (χ3n) is 4.97. The van der Waals surface area contributed by atoms with Crippen molar-refractivity contribution in [2.75, 3.05) is 5.32 Å². The van der Waals surface area contributed by atoms with Crippen LogP contribution in [0.4, 0.5) is 18.9 Å². The van der Waals surface area contributed by atoms with Gasteiger partial charge in [0.25, 0.3) is 5.56 Å². The molecule has 4 nitrogen and oxygen atoms in total. The van der Waals surface area contributed by atoms with Crippen molar-refractivity contribution in [1.29, 1.82) is 0 Å². The number of para-hydroxylation sites is 2. The number of nitrogens with zero attached hydrogens (tertiary/aromatic N) is 1. The highest BCUT2D eigenvalue weighted by molar-refractivity contribution is 5.96. The summed E-state index contributed by atoms with van der Waals surface area (Å²) in [7, 11) is 0. The van der Waals surface area contributed by atoms with E-state index >= 15 is 0 Å². The first-order chi connectivity index (χ1) is 13.6. The van der Waals surface area contributed by atoms with Gasteiger partial charge in [0.2, 0.25) is 5.91 Å². The van der Waals surface area contributed by atoms with Crippen LogP contribution in [0.25, 0.3) is 10.9 Å². The first kappa shape index (κ1) is 20.6. The molecule has 3 rings (SSSR count). The van der Waals surface area contributed by atoms with Crippen LogP contribution >= 0.6 is 0 Å². The average Bonchev–Trinajstić information content (AvgIpc) is 2.64. The fourth-order valence-corrected chi connectivity index (χ4v) is 3.59. The number of halogens is 3. The van der Waals surface area contributed by atoms with Crippen LogP contribution in [0.15, 0.2) is 53.3 Å². The Bertz CT molecular complexity index is 1130. The smallest absolute Gasteiger partial charge is 0.324 e. The van der Waals surface area contributed by atoms with Gasteiger partial charge in [0.05, 0.1) is 16.8 Å². The van der Waals surface area contributed by atoms with E-state index in [2.05, 4.69) is 5.32 Å². The highest BCUT2D eigenvalue weighted by Gasteiger charge is 2.34. The Hall–Kier alpha value is -3.09. The van der Waals surface area contributed by atoms with E-state index in [9.17, 15) is 22.8 Å². The Morgan fingerprint density at radius 2 is 1.76 bits per heavy atom. The largest absolute Gasteiger partial charge is 0.418 e. The fourth-order valence-electron chi connectivity index (χ4n) is 3.59. The van der Waals surface area contributed by atoms with Gasteiger partial charge in [0.1, 0.15) is 6.04 Å². The number of aryl methyl sites for hydroxylation is 2. The van der Waals surface area contributed by atoms with Crippen LogP contribution in [0.5, 0.6) is 0 Å². The van der Waals surface area contributed by atoms with Crippen LogP contribution in [0.1, 0.15) is 36.1 Å². The van der Waals surface area contributed by atoms with Crippen molar-refractivity contribution in [1.82, 2.24) is 4.57 Å². The first-order valence-electron chi connectivity index (χ1n) is 9.23. The van der Waals surface area contributed by atoms with E-state index in [-0.39, 0.29) is 17.7 Å². The third kappa shape index (κ3) is 3.90. The molecule has 152 valence electrons. The molecule has 0 saturated heterocycles. The molecule has 2 aromatic carbocycles. The van der Waals surface area contributed by atoms with E-state index in [0.29, 0.717) is 5.52 Å². The van der Waals surface area contributed by atoms with Crippen LogP contribution in [-0.4, -0.2) is 10.5 Å². The number of carbonyl (C=O) groups is 1. The second kappa shape index (κ2) is 7.73. The number of amides is 1. The van der Waals surface area contributed by atoms with Crippen molar-refractivity contribution in [2.45, 2.75) is 39.4 Å². The molecule has 1 atom stereocenters. The molecule has 1 unspecified atom stereocenters. The third-order valence-corrected chi connectivity index (χ3v) is 4.97. The number of fused-ring (bicyclic) bond motifs is 1. The number of aromatic nitrogens is 1. The van der Waals surface area contributed by atoms with Gasteiger partial charge < -0.3 is 5.32 Å². The average molecular weight is 402 g/mol. The van der Waals surface area contributed by atoms with Crippen LogP contribution in [0, 0.1) is 13.8 Å². The maximum atomic E-state index is 13.3. The molecular weight excluding hydrogens is 381 g/mol. The van der Waals surface area contributed by atoms with Crippen molar-refractivity contribution in [3.63, 3.8) is 0 Å². The molecule has 1 aromatic heterocycles. The van der Waals surface area contributed by atoms with Gasteiger partial charge in [0, 0.05) is 11.5 Å². The van der Waals surface area contributed by atoms with Gasteiger partial charge in [0.15, 0.2) is 0 Å². The summed E-state index contributed by atoms with van der Waals surface area (Å²) in [5, 5.41) is 3.20. The van der Waals surface area contributed by atoms with E-state index in [1.165, 1.54) is 28.8 Å². The molecule has 0 aliphatic rings. The lowest BCUT2D eigenvalue weighted by molar-refractivity contribution is -0.137. The van der Waals surface area contributed by atoms with Gasteiger partial charge in [-0.3, -0.25) is 14.2 Å². The van der Waals surface area contributed by atoms with Gasteiger partial charge in [-0.1, -0.05) is 37.3 Å². The van der Waals surface area contributed by atoms with E-state index in [1.54, 1.807) is 6.92 Å². The van der Waals surface area contributed by atoms with Gasteiger partial charge >= 0.3 is 6.18 Å². The number of carbonyl (C=O) groups excluding carboxylic acids is 1. The van der Waals surface area contributed by atoms with E-state index in [1.807, 2.05) is 32.0 Å². The number of hydrogen-bond donors (Lipinski definition) is 1. The summed E-state index contributed by atoms with van der Waals surface area (Å²) in [6, 6.07) is 10.8. The van der Waals surface area contributed by atoms with Gasteiger partial charge in [-0.2, -0.15) is 13.2 Å². The van der Waals surface area contributed by atoms with Crippen molar-refractivity contribution in [3.05, 3.63) is 75.6 Å². The number of anilines is 1. The molecule has 0 spiro atoms. The summed E-state index contributed by atoms with van der Waals surface area (Å²) >= 11 is 0. The van der Waals surface area contributed by atoms with Crippen molar-refractivity contribution < 1.29 is 18.0 Å². The Morgan fingerprint density at radius 3 is 2.41 bits per heavy atom. The number of pyridine rings is 1. The minimum atomic E-state index is -4.60. The number of hydrogen-bond acceptors (Lipinski definition) is 2. The molecule has 1 amide bonds. The summed E-state index contributed by atoms with van der Waals surface area (Å²) in [6.07, 6.45) is -4.36. The van der Waals surface area contributed by atoms with Crippen LogP contribution in [0.3, 0.4) is 0 Å². The summed E-state index contributed by atoms with van der Waals surface area (Å²) in [4.78, 5) is 25.8. The zero-order valence-corrected chi connectivity index (χ0v) is 16.3. The summed E-state index contributed by atoms with van der Waals surface area (Å²) < 4.78 is 41.2. The molecule has 0 aliphatic carbocycles. The quantitative estimate of drug-likeness (QED) is 0.650. The number of nitrogens with one attached hydrogen (secondary N) is 1. The standard InChI is InChI=1S/C22H21F3N2O2/c1-4-18(21(29)26-17-11-6-5-10-16(17)22(23,24)25)27-19(28)12-14(3)15-9-7-8-13(2)20(15)27/h5-12,18H,4H2,1-3H3,(H,26,29). The Kier molecular flexibility index (Phi) is 5.50. The molecule has 3 aromatic rings. The highest BCUT2D eigenvalue weighted by Crippen LogP contribution is 2.35. The lowest BCUT2D eigenvalue weighted by atomic mass is 10.0. The zero-order chi connectivity index (χ0) is 21.3. The van der Waals surface area contributed by atoms with Crippen molar-refractivity contribution in [2.24, 2.45) is 0 Å². The summed E-state index contributed by atoms with van der Waals surface area (Å²) in [6.45, 7) is 5.37. The molecule has 1 N–H and O–H groups in total. The normalized spacial score (nSPS) is 12.8. The number of benzene rings is 2. The minimum absolute atomic E-state index is 0.242. The van der Waals surface area contributed by atoms with Gasteiger partial charge in [-0.05, 0) is 43.5 Å². The monoisotopic (exact) mass is 402 g/mol. The molecule has 29 heavy (non-hydrogen) atoms. The lowest BCUT2D eigenvalue weighted by Crippen LogP contribution is -2.34. The Balaban J connectivity index is 2.11. The molecule has 7 heteroatoms. The summed E-state index contributed by atoms with van der Waals surface area (Å²) in [5.74, 6) is -0.667. The molecule has 1 heterocycles. The van der Waals surface area contributed by atoms with Crippen LogP contribution < -0.4 is 10.9 Å². The second-order valence-electron chi connectivity index (χ2n) is 6.96. The minimum Gasteiger partial charge on any atom is -0.324 e. The SMILES string of the molecule is CCC(C(=O)Nc1ccccc1C(F)(F)F)n1c(=O)cc(C)c2cccc(C)c21. The van der Waals surface area contributed by atoms with Gasteiger partial charge in [-0.15, -0.1) is 0 Å². The van der Waals surface area contributed by atoms with Crippen molar-refractivity contribution >= 4 is 22.5 Å². The topological polar surface area (TPSA) is 51.1 Å². The molecule has 0 bridgehead atoms. The van der Waals surface area contributed by atoms with Crippen LogP contribution in [-0.2, 0) is 11.0 Å². The highest BCUT2D eigenvalue weighted by atomic mass is 19.4. The second-order valence-corrected chi connectivity index (χ2v) is 6.96. The maximum Gasteiger partial charge on any atom is 0.418 e. The lowest BCUT2D eigenvalue weighted by Gasteiger charge is -2.23.